The van der Waals surface area contributed by atoms with E-state index in [1.165, 1.54) is 6.33 Å². The Morgan fingerprint density at radius 3 is 2.55 bits per heavy atom. The quantitative estimate of drug-likeness (QED) is 0.912. The van der Waals surface area contributed by atoms with Crippen LogP contribution in [0.3, 0.4) is 0 Å². The fourth-order valence-electron chi connectivity index (χ4n) is 2.60. The Labute approximate surface area is 128 Å². The third-order valence-electron chi connectivity index (χ3n) is 3.74. The van der Waals surface area contributed by atoms with E-state index < -0.39 is 0 Å². The Hall–Kier alpha value is -2.63. The Balaban J connectivity index is 1.76. The number of rotatable bonds is 3. The van der Waals surface area contributed by atoms with Crippen LogP contribution in [0.4, 0.5) is 5.69 Å². The van der Waals surface area contributed by atoms with Gasteiger partial charge >= 0.3 is 0 Å². The van der Waals surface area contributed by atoms with Gasteiger partial charge < -0.3 is 15.2 Å². The molecular formula is C16H18N4O2. The topological polar surface area (TPSA) is 78.1 Å². The van der Waals surface area contributed by atoms with E-state index in [-0.39, 0.29) is 23.2 Å². The smallest absolute Gasteiger partial charge is 0.276 e. The van der Waals surface area contributed by atoms with Gasteiger partial charge in [0.05, 0.1) is 6.33 Å². The molecule has 0 radical (unpaired) electrons. The van der Waals surface area contributed by atoms with Crippen LogP contribution in [-0.4, -0.2) is 39.8 Å². The number of para-hydroxylation sites is 1. The Morgan fingerprint density at radius 2 is 1.82 bits per heavy atom. The zero-order valence-corrected chi connectivity index (χ0v) is 12.2. The number of nitrogens with one attached hydrogen (secondary N) is 2. The predicted molar refractivity (Wildman–Crippen MR) is 82.7 cm³/mol. The maximum absolute atomic E-state index is 12.5. The number of hydrogen-bond acceptors (Lipinski definition) is 3. The molecule has 2 N–H and O–H groups in total. The molecule has 2 amide bonds. The lowest BCUT2D eigenvalue weighted by Crippen LogP contribution is -2.36. The number of likely N-dealkylation sites (tertiary alicyclic amines) is 1. The van der Waals surface area contributed by atoms with Crippen molar-refractivity contribution >= 4 is 17.5 Å². The summed E-state index contributed by atoms with van der Waals surface area (Å²) in [7, 11) is 0. The van der Waals surface area contributed by atoms with Crippen molar-refractivity contribution in [3.63, 3.8) is 0 Å². The SMILES string of the molecule is O=C(Nc1ccccc1)c1nc[nH]c1C(=O)N1CCCCC1. The van der Waals surface area contributed by atoms with Crippen molar-refractivity contribution in [2.45, 2.75) is 19.3 Å². The molecule has 0 aliphatic carbocycles. The minimum atomic E-state index is -0.382. The van der Waals surface area contributed by atoms with Gasteiger partial charge in [0.2, 0.25) is 0 Å². The van der Waals surface area contributed by atoms with Crippen molar-refractivity contribution in [1.29, 1.82) is 0 Å². The molecule has 22 heavy (non-hydrogen) atoms. The first-order valence-electron chi connectivity index (χ1n) is 7.45. The number of nitrogens with zero attached hydrogens (tertiary/aromatic N) is 2. The molecule has 6 heteroatoms. The van der Waals surface area contributed by atoms with Crippen LogP contribution >= 0.6 is 0 Å². The average molecular weight is 298 g/mol. The lowest BCUT2D eigenvalue weighted by molar-refractivity contribution is 0.0714. The second-order valence-electron chi connectivity index (χ2n) is 5.30. The minimum Gasteiger partial charge on any atom is -0.340 e. The molecule has 2 aromatic rings. The van der Waals surface area contributed by atoms with Gasteiger partial charge in [-0.15, -0.1) is 0 Å². The summed E-state index contributed by atoms with van der Waals surface area (Å²) in [4.78, 5) is 33.4. The molecule has 0 unspecified atom stereocenters. The first-order valence-corrected chi connectivity index (χ1v) is 7.45. The van der Waals surface area contributed by atoms with Gasteiger partial charge in [-0.25, -0.2) is 4.98 Å². The van der Waals surface area contributed by atoms with Crippen LogP contribution in [0.25, 0.3) is 0 Å². The summed E-state index contributed by atoms with van der Waals surface area (Å²) >= 11 is 0. The number of carbonyl (C=O) groups is 2. The Morgan fingerprint density at radius 1 is 1.09 bits per heavy atom. The summed E-state index contributed by atoms with van der Waals surface area (Å²) < 4.78 is 0. The number of amides is 2. The second kappa shape index (κ2) is 6.43. The summed E-state index contributed by atoms with van der Waals surface area (Å²) in [5.41, 5.74) is 1.07. The first-order chi connectivity index (χ1) is 10.8. The molecule has 1 saturated heterocycles. The highest BCUT2D eigenvalue weighted by Crippen LogP contribution is 2.15. The van der Waals surface area contributed by atoms with Gasteiger partial charge in [-0.05, 0) is 31.4 Å². The van der Waals surface area contributed by atoms with Crippen LogP contribution in [0.5, 0.6) is 0 Å². The second-order valence-corrected chi connectivity index (χ2v) is 5.30. The molecule has 0 atom stereocenters. The van der Waals surface area contributed by atoms with E-state index in [9.17, 15) is 9.59 Å². The van der Waals surface area contributed by atoms with Gasteiger partial charge in [-0.1, -0.05) is 18.2 Å². The normalized spacial score (nSPS) is 14.6. The largest absolute Gasteiger partial charge is 0.340 e. The lowest BCUT2D eigenvalue weighted by Gasteiger charge is -2.26. The summed E-state index contributed by atoms with van der Waals surface area (Å²) in [5, 5.41) is 2.75. The van der Waals surface area contributed by atoms with Crippen molar-refractivity contribution in [2.75, 3.05) is 18.4 Å². The predicted octanol–water partition coefficient (Wildman–Crippen LogP) is 2.29. The van der Waals surface area contributed by atoms with Crippen molar-refractivity contribution in [1.82, 2.24) is 14.9 Å². The summed E-state index contributed by atoms with van der Waals surface area (Å²) in [6, 6.07) is 9.11. The molecule has 0 saturated carbocycles. The van der Waals surface area contributed by atoms with E-state index in [0.29, 0.717) is 5.69 Å². The number of benzene rings is 1. The van der Waals surface area contributed by atoms with Crippen molar-refractivity contribution in [3.05, 3.63) is 48.0 Å². The number of H-pyrrole nitrogens is 1. The van der Waals surface area contributed by atoms with Crippen molar-refractivity contribution < 1.29 is 9.59 Å². The number of aromatic amines is 1. The molecule has 0 bridgehead atoms. The monoisotopic (exact) mass is 298 g/mol. The minimum absolute atomic E-state index is 0.138. The molecule has 0 spiro atoms. The van der Waals surface area contributed by atoms with Crippen LogP contribution in [-0.2, 0) is 0 Å². The van der Waals surface area contributed by atoms with E-state index >= 15 is 0 Å². The third-order valence-corrected chi connectivity index (χ3v) is 3.74. The van der Waals surface area contributed by atoms with Crippen LogP contribution < -0.4 is 5.32 Å². The number of piperidine rings is 1. The molecular weight excluding hydrogens is 280 g/mol. The van der Waals surface area contributed by atoms with Gasteiger partial charge in [0, 0.05) is 18.8 Å². The number of carbonyl (C=O) groups excluding carboxylic acids is 2. The van der Waals surface area contributed by atoms with E-state index in [4.69, 9.17) is 0 Å². The number of imidazole rings is 1. The lowest BCUT2D eigenvalue weighted by atomic mass is 10.1. The Kier molecular flexibility index (Phi) is 4.18. The van der Waals surface area contributed by atoms with Gasteiger partial charge in [-0.3, -0.25) is 9.59 Å². The maximum Gasteiger partial charge on any atom is 0.276 e. The number of aromatic nitrogens is 2. The van der Waals surface area contributed by atoms with E-state index in [2.05, 4.69) is 15.3 Å². The standard InChI is InChI=1S/C16H18N4O2/c21-15(19-12-7-3-1-4-8-12)13-14(18-11-17-13)16(22)20-9-5-2-6-10-20/h1,3-4,7-8,11H,2,5-6,9-10H2,(H,17,18)(H,19,21). The molecule has 6 nitrogen and oxygen atoms in total. The van der Waals surface area contributed by atoms with Crippen LogP contribution in [0.15, 0.2) is 36.7 Å². The third kappa shape index (κ3) is 3.00. The van der Waals surface area contributed by atoms with Crippen LogP contribution in [0, 0.1) is 0 Å². The number of anilines is 1. The molecule has 1 aliphatic rings. The Bertz CT molecular complexity index is 660. The number of hydrogen-bond donors (Lipinski definition) is 2. The fraction of sp³-hybridized carbons (Fsp3) is 0.312. The van der Waals surface area contributed by atoms with E-state index in [1.807, 2.05) is 18.2 Å². The molecule has 1 aromatic carbocycles. The van der Waals surface area contributed by atoms with Gasteiger partial charge in [0.25, 0.3) is 11.8 Å². The highest BCUT2D eigenvalue weighted by Gasteiger charge is 2.25. The fourth-order valence-corrected chi connectivity index (χ4v) is 2.60. The van der Waals surface area contributed by atoms with Crippen molar-refractivity contribution in [3.8, 4) is 0 Å². The molecule has 114 valence electrons. The zero-order valence-electron chi connectivity index (χ0n) is 12.2. The summed E-state index contributed by atoms with van der Waals surface area (Å²) in [6.45, 7) is 1.47. The van der Waals surface area contributed by atoms with E-state index in [0.717, 1.165) is 32.4 Å². The van der Waals surface area contributed by atoms with Gasteiger partial charge in [0.15, 0.2) is 5.69 Å². The zero-order chi connectivity index (χ0) is 15.4. The maximum atomic E-state index is 12.5. The van der Waals surface area contributed by atoms with Crippen LogP contribution in [0.1, 0.15) is 40.2 Å². The summed E-state index contributed by atoms with van der Waals surface area (Å²) in [6.07, 6.45) is 4.54. The molecule has 1 fully saturated rings. The molecule has 1 aromatic heterocycles. The van der Waals surface area contributed by atoms with Gasteiger partial charge in [-0.2, -0.15) is 0 Å². The van der Waals surface area contributed by atoms with Gasteiger partial charge in [0.1, 0.15) is 5.69 Å². The molecule has 2 heterocycles. The first kappa shape index (κ1) is 14.3. The average Bonchev–Trinajstić information content (AvgIpc) is 3.05. The summed E-state index contributed by atoms with van der Waals surface area (Å²) in [5.74, 6) is -0.539. The van der Waals surface area contributed by atoms with E-state index in [1.54, 1.807) is 17.0 Å². The van der Waals surface area contributed by atoms with Crippen molar-refractivity contribution in [2.24, 2.45) is 0 Å². The molecule has 3 rings (SSSR count). The molecule has 1 aliphatic heterocycles. The van der Waals surface area contributed by atoms with Crippen LogP contribution in [0.2, 0.25) is 0 Å². The highest BCUT2D eigenvalue weighted by molar-refractivity contribution is 6.10. The highest BCUT2D eigenvalue weighted by atomic mass is 16.2.